The lowest BCUT2D eigenvalue weighted by Gasteiger charge is -2.07. The van der Waals surface area contributed by atoms with Crippen molar-refractivity contribution in [2.24, 2.45) is 0 Å². The first-order valence-corrected chi connectivity index (χ1v) is 6.89. The zero-order valence-electron chi connectivity index (χ0n) is 11.5. The average molecular weight is 263 g/mol. The van der Waals surface area contributed by atoms with Crippen molar-refractivity contribution < 1.29 is 0 Å². The van der Waals surface area contributed by atoms with Crippen molar-refractivity contribution in [3.05, 3.63) is 54.1 Å². The Balaban J connectivity index is 2.06. The van der Waals surface area contributed by atoms with Gasteiger partial charge in [-0.1, -0.05) is 49.7 Å². The Morgan fingerprint density at radius 2 is 1.55 bits per heavy atom. The van der Waals surface area contributed by atoms with Gasteiger partial charge in [0.15, 0.2) is 5.82 Å². The van der Waals surface area contributed by atoms with E-state index in [1.54, 1.807) is 0 Å². The van der Waals surface area contributed by atoms with Crippen LogP contribution in [0.1, 0.15) is 18.9 Å². The summed E-state index contributed by atoms with van der Waals surface area (Å²) in [6, 6.07) is 16.2. The number of aryl methyl sites for hydroxylation is 1. The lowest BCUT2D eigenvalue weighted by molar-refractivity contribution is 0.922. The van der Waals surface area contributed by atoms with E-state index in [0.717, 1.165) is 35.1 Å². The average Bonchev–Trinajstić information content (AvgIpc) is 2.48. The van der Waals surface area contributed by atoms with Gasteiger partial charge in [0, 0.05) is 5.56 Å². The SMILES string of the molecule is CCCc1ccc(-c2nc3ccccc3nc2N)cc1. The number of fused-ring (bicyclic) bond motifs is 1. The third-order valence-corrected chi connectivity index (χ3v) is 3.36. The molecule has 1 aromatic heterocycles. The highest BCUT2D eigenvalue weighted by Crippen LogP contribution is 2.25. The molecule has 0 fully saturated rings. The number of para-hydroxylation sites is 2. The van der Waals surface area contributed by atoms with Crippen LogP contribution in [0, 0.1) is 0 Å². The van der Waals surface area contributed by atoms with E-state index in [1.165, 1.54) is 5.56 Å². The molecule has 3 rings (SSSR count). The summed E-state index contributed by atoms with van der Waals surface area (Å²) in [5, 5.41) is 0. The molecule has 0 bridgehead atoms. The van der Waals surface area contributed by atoms with Gasteiger partial charge in [0.2, 0.25) is 0 Å². The predicted molar refractivity (Wildman–Crippen MR) is 83.4 cm³/mol. The quantitative estimate of drug-likeness (QED) is 0.781. The minimum atomic E-state index is 0.479. The van der Waals surface area contributed by atoms with E-state index in [-0.39, 0.29) is 0 Å². The van der Waals surface area contributed by atoms with Gasteiger partial charge in [-0.3, -0.25) is 0 Å². The van der Waals surface area contributed by atoms with E-state index >= 15 is 0 Å². The van der Waals surface area contributed by atoms with E-state index < -0.39 is 0 Å². The Hall–Kier alpha value is -2.42. The molecule has 0 radical (unpaired) electrons. The van der Waals surface area contributed by atoms with Crippen LogP contribution in [0.3, 0.4) is 0 Å². The fourth-order valence-corrected chi connectivity index (χ4v) is 2.34. The van der Waals surface area contributed by atoms with Gasteiger partial charge in [0.25, 0.3) is 0 Å². The highest BCUT2D eigenvalue weighted by atomic mass is 14.9. The van der Waals surface area contributed by atoms with Crippen molar-refractivity contribution in [1.82, 2.24) is 9.97 Å². The Morgan fingerprint density at radius 3 is 2.20 bits per heavy atom. The second-order valence-electron chi connectivity index (χ2n) is 4.89. The van der Waals surface area contributed by atoms with Crippen LogP contribution in [0.2, 0.25) is 0 Å². The number of rotatable bonds is 3. The van der Waals surface area contributed by atoms with E-state index in [4.69, 9.17) is 5.73 Å². The molecule has 0 spiro atoms. The number of nitrogen functional groups attached to an aromatic ring is 1. The van der Waals surface area contributed by atoms with Gasteiger partial charge in [-0.05, 0) is 24.1 Å². The molecule has 3 heteroatoms. The minimum Gasteiger partial charge on any atom is -0.382 e. The molecule has 3 nitrogen and oxygen atoms in total. The maximum Gasteiger partial charge on any atom is 0.150 e. The highest BCUT2D eigenvalue weighted by molar-refractivity contribution is 5.82. The van der Waals surface area contributed by atoms with Crippen LogP contribution in [0.25, 0.3) is 22.3 Å². The summed E-state index contributed by atoms with van der Waals surface area (Å²) in [5.74, 6) is 0.479. The first-order valence-electron chi connectivity index (χ1n) is 6.89. The maximum absolute atomic E-state index is 6.04. The first kappa shape index (κ1) is 12.6. The lowest BCUT2D eigenvalue weighted by Crippen LogP contribution is -1.98. The van der Waals surface area contributed by atoms with Gasteiger partial charge in [-0.25, -0.2) is 9.97 Å². The maximum atomic E-state index is 6.04. The minimum absolute atomic E-state index is 0.479. The number of anilines is 1. The van der Waals surface area contributed by atoms with Crippen molar-refractivity contribution >= 4 is 16.9 Å². The van der Waals surface area contributed by atoms with E-state index in [9.17, 15) is 0 Å². The zero-order valence-corrected chi connectivity index (χ0v) is 11.5. The number of hydrogen-bond acceptors (Lipinski definition) is 3. The van der Waals surface area contributed by atoms with Crippen LogP contribution >= 0.6 is 0 Å². The summed E-state index contributed by atoms with van der Waals surface area (Å²) < 4.78 is 0. The fraction of sp³-hybridized carbons (Fsp3) is 0.176. The molecule has 0 saturated heterocycles. The summed E-state index contributed by atoms with van der Waals surface area (Å²) in [4.78, 5) is 9.06. The topological polar surface area (TPSA) is 51.8 Å². The second kappa shape index (κ2) is 5.29. The summed E-state index contributed by atoms with van der Waals surface area (Å²) in [7, 11) is 0. The van der Waals surface area contributed by atoms with Crippen molar-refractivity contribution in [3.8, 4) is 11.3 Å². The van der Waals surface area contributed by atoms with Gasteiger partial charge in [-0.15, -0.1) is 0 Å². The Labute approximate surface area is 118 Å². The first-order chi connectivity index (χ1) is 9.78. The summed E-state index contributed by atoms with van der Waals surface area (Å²) >= 11 is 0. The molecule has 2 aromatic carbocycles. The number of hydrogen-bond donors (Lipinski definition) is 1. The molecule has 0 aliphatic rings. The monoisotopic (exact) mass is 263 g/mol. The van der Waals surface area contributed by atoms with Gasteiger partial charge < -0.3 is 5.73 Å². The molecule has 3 aromatic rings. The van der Waals surface area contributed by atoms with Crippen LogP contribution in [0.15, 0.2) is 48.5 Å². The summed E-state index contributed by atoms with van der Waals surface area (Å²) in [5.41, 5.74) is 10.8. The van der Waals surface area contributed by atoms with Gasteiger partial charge in [0.05, 0.1) is 11.0 Å². The Morgan fingerprint density at radius 1 is 0.900 bits per heavy atom. The number of nitrogens with two attached hydrogens (primary N) is 1. The van der Waals surface area contributed by atoms with Gasteiger partial charge >= 0.3 is 0 Å². The van der Waals surface area contributed by atoms with E-state index in [0.29, 0.717) is 5.82 Å². The molecule has 0 unspecified atom stereocenters. The number of aromatic nitrogens is 2. The molecule has 0 saturated carbocycles. The van der Waals surface area contributed by atoms with Crippen molar-refractivity contribution in [2.75, 3.05) is 5.73 Å². The van der Waals surface area contributed by atoms with E-state index in [2.05, 4.69) is 41.2 Å². The molecule has 0 amide bonds. The largest absolute Gasteiger partial charge is 0.382 e. The van der Waals surface area contributed by atoms with Crippen molar-refractivity contribution in [3.63, 3.8) is 0 Å². The predicted octanol–water partition coefficient (Wildman–Crippen LogP) is 3.83. The summed E-state index contributed by atoms with van der Waals surface area (Å²) in [6.45, 7) is 2.18. The molecule has 100 valence electrons. The van der Waals surface area contributed by atoms with E-state index in [1.807, 2.05) is 24.3 Å². The molecule has 1 heterocycles. The van der Waals surface area contributed by atoms with Crippen LogP contribution in [-0.2, 0) is 6.42 Å². The molecule has 0 aliphatic heterocycles. The molecule has 20 heavy (non-hydrogen) atoms. The lowest BCUT2D eigenvalue weighted by atomic mass is 10.1. The summed E-state index contributed by atoms with van der Waals surface area (Å²) in [6.07, 6.45) is 2.25. The van der Waals surface area contributed by atoms with Crippen LogP contribution in [0.4, 0.5) is 5.82 Å². The van der Waals surface area contributed by atoms with Gasteiger partial charge in [0.1, 0.15) is 5.69 Å². The highest BCUT2D eigenvalue weighted by Gasteiger charge is 2.08. The fourth-order valence-electron chi connectivity index (χ4n) is 2.34. The smallest absolute Gasteiger partial charge is 0.150 e. The van der Waals surface area contributed by atoms with Crippen LogP contribution in [-0.4, -0.2) is 9.97 Å². The van der Waals surface area contributed by atoms with Gasteiger partial charge in [-0.2, -0.15) is 0 Å². The molecular formula is C17H17N3. The normalized spacial score (nSPS) is 10.8. The number of benzene rings is 2. The second-order valence-corrected chi connectivity index (χ2v) is 4.89. The van der Waals surface area contributed by atoms with Crippen LogP contribution < -0.4 is 5.73 Å². The Bertz CT molecular complexity index is 733. The third-order valence-electron chi connectivity index (χ3n) is 3.36. The van der Waals surface area contributed by atoms with Crippen molar-refractivity contribution in [2.45, 2.75) is 19.8 Å². The molecule has 0 aliphatic carbocycles. The molecule has 2 N–H and O–H groups in total. The number of nitrogens with zero attached hydrogens (tertiary/aromatic N) is 2. The third kappa shape index (κ3) is 2.35. The Kier molecular flexibility index (Phi) is 3.33. The molecule has 0 atom stereocenters. The zero-order chi connectivity index (χ0) is 13.9. The van der Waals surface area contributed by atoms with Crippen molar-refractivity contribution in [1.29, 1.82) is 0 Å². The van der Waals surface area contributed by atoms with Crippen LogP contribution in [0.5, 0.6) is 0 Å². The molecular weight excluding hydrogens is 246 g/mol. The standard InChI is InChI=1S/C17H17N3/c1-2-5-12-8-10-13(11-9-12)16-17(18)20-15-7-4-3-6-14(15)19-16/h3-4,6-11H,2,5H2,1H3,(H2,18,20).